The summed E-state index contributed by atoms with van der Waals surface area (Å²) in [6, 6.07) is 18.5. The van der Waals surface area contributed by atoms with Crippen molar-refractivity contribution in [2.45, 2.75) is 40.4 Å². The average Bonchev–Trinajstić information content (AvgIpc) is 3.29. The Morgan fingerprint density at radius 2 is 1.65 bits per heavy atom. The van der Waals surface area contributed by atoms with Crippen LogP contribution in [0.25, 0.3) is 11.5 Å². The van der Waals surface area contributed by atoms with Crippen molar-refractivity contribution in [1.29, 1.82) is 0 Å². The Labute approximate surface area is 185 Å². The lowest BCUT2D eigenvalue weighted by Crippen LogP contribution is -2.36. The number of aromatic nitrogens is 1. The quantitative estimate of drug-likeness (QED) is 0.376. The molecular weight excluding hydrogens is 386 g/mol. The van der Waals surface area contributed by atoms with E-state index in [-0.39, 0.29) is 0 Å². The molecule has 0 atom stereocenters. The Kier molecular flexibility index (Phi) is 8.67. The molecule has 0 amide bonds. The minimum atomic E-state index is 0.545. The molecule has 3 rings (SSSR count). The highest BCUT2D eigenvalue weighted by atomic mass is 16.3. The molecule has 0 aliphatic heterocycles. The van der Waals surface area contributed by atoms with E-state index in [2.05, 4.69) is 65.6 Å². The first-order valence-electron chi connectivity index (χ1n) is 11.0. The second-order valence-electron chi connectivity index (χ2n) is 7.29. The Hall–Kier alpha value is -3.12. The molecule has 2 aromatic carbocycles. The van der Waals surface area contributed by atoms with Crippen LogP contribution in [0.2, 0.25) is 0 Å². The zero-order valence-electron chi connectivity index (χ0n) is 18.8. The van der Waals surface area contributed by atoms with E-state index in [1.165, 1.54) is 11.1 Å². The number of aliphatic imine (C=N–C) groups is 1. The summed E-state index contributed by atoms with van der Waals surface area (Å²) >= 11 is 0. The number of hydrogen-bond donors (Lipinski definition) is 2. The first-order chi connectivity index (χ1) is 15.2. The highest BCUT2D eigenvalue weighted by molar-refractivity contribution is 5.79. The first kappa shape index (κ1) is 22.6. The van der Waals surface area contributed by atoms with Crippen molar-refractivity contribution >= 4 is 5.96 Å². The molecule has 31 heavy (non-hydrogen) atoms. The minimum absolute atomic E-state index is 0.545. The predicted molar refractivity (Wildman–Crippen MR) is 127 cm³/mol. The van der Waals surface area contributed by atoms with Crippen LogP contribution >= 0.6 is 0 Å². The number of nitrogens with one attached hydrogen (secondary N) is 2. The van der Waals surface area contributed by atoms with Crippen LogP contribution in [0.5, 0.6) is 0 Å². The lowest BCUT2D eigenvalue weighted by molar-refractivity contribution is 0.295. The standard InChI is InChI=1S/C25H33N5O/c1-4-26-25(27-16-21-14-10-11-15-22(21)18-30(5-2)6-3)28-17-23-19-31-24(29-23)20-12-8-7-9-13-20/h7-15,19H,4-6,16-18H2,1-3H3,(H2,26,27,28). The summed E-state index contributed by atoms with van der Waals surface area (Å²) in [5.74, 6) is 1.40. The van der Waals surface area contributed by atoms with Crippen LogP contribution < -0.4 is 10.6 Å². The number of rotatable bonds is 10. The zero-order valence-corrected chi connectivity index (χ0v) is 18.8. The van der Waals surface area contributed by atoms with Crippen LogP contribution in [0.1, 0.15) is 37.6 Å². The molecule has 1 heterocycles. The summed E-state index contributed by atoms with van der Waals surface area (Å²) in [5.41, 5.74) is 4.39. The van der Waals surface area contributed by atoms with E-state index in [1.807, 2.05) is 30.3 Å². The van der Waals surface area contributed by atoms with E-state index >= 15 is 0 Å². The van der Waals surface area contributed by atoms with Gasteiger partial charge < -0.3 is 15.1 Å². The smallest absolute Gasteiger partial charge is 0.226 e. The van der Waals surface area contributed by atoms with Gasteiger partial charge in [0.05, 0.1) is 18.8 Å². The number of oxazole rings is 1. The van der Waals surface area contributed by atoms with Crippen LogP contribution in [0, 0.1) is 0 Å². The minimum Gasteiger partial charge on any atom is -0.444 e. The highest BCUT2D eigenvalue weighted by Crippen LogP contribution is 2.18. The molecule has 0 aliphatic carbocycles. The zero-order chi connectivity index (χ0) is 21.9. The molecule has 6 heteroatoms. The van der Waals surface area contributed by atoms with E-state index in [9.17, 15) is 0 Å². The first-order valence-corrected chi connectivity index (χ1v) is 11.0. The Morgan fingerprint density at radius 3 is 2.35 bits per heavy atom. The predicted octanol–water partition coefficient (Wildman–Crippen LogP) is 4.44. The molecule has 0 bridgehead atoms. The number of nitrogens with zero attached hydrogens (tertiary/aromatic N) is 3. The molecule has 1 aromatic heterocycles. The second-order valence-corrected chi connectivity index (χ2v) is 7.29. The van der Waals surface area contributed by atoms with E-state index in [1.54, 1.807) is 6.26 Å². The molecule has 0 saturated carbocycles. The fraction of sp³-hybridized carbons (Fsp3) is 0.360. The van der Waals surface area contributed by atoms with E-state index in [0.717, 1.165) is 43.4 Å². The SMILES string of the molecule is CCNC(=NCc1ccccc1CN(CC)CC)NCc1coc(-c2ccccc2)n1. The van der Waals surface area contributed by atoms with Crippen molar-refractivity contribution in [3.63, 3.8) is 0 Å². The summed E-state index contributed by atoms with van der Waals surface area (Å²) in [7, 11) is 0. The van der Waals surface area contributed by atoms with E-state index < -0.39 is 0 Å². The third-order valence-corrected chi connectivity index (χ3v) is 5.17. The Balaban J connectivity index is 1.64. The summed E-state index contributed by atoms with van der Waals surface area (Å²) in [6.07, 6.45) is 1.69. The fourth-order valence-electron chi connectivity index (χ4n) is 3.34. The molecule has 0 fully saturated rings. The molecule has 164 valence electrons. The van der Waals surface area contributed by atoms with Crippen molar-refractivity contribution in [2.24, 2.45) is 4.99 Å². The van der Waals surface area contributed by atoms with Crippen LogP contribution in [0.4, 0.5) is 0 Å². The lowest BCUT2D eigenvalue weighted by Gasteiger charge is -2.20. The Morgan fingerprint density at radius 1 is 0.935 bits per heavy atom. The number of benzene rings is 2. The van der Waals surface area contributed by atoms with Gasteiger partial charge in [-0.25, -0.2) is 9.98 Å². The fourth-order valence-corrected chi connectivity index (χ4v) is 3.34. The molecule has 3 aromatic rings. The second kappa shape index (κ2) is 11.9. The van der Waals surface area contributed by atoms with Gasteiger partial charge in [-0.2, -0.15) is 0 Å². The molecule has 0 aliphatic rings. The van der Waals surface area contributed by atoms with Crippen molar-refractivity contribution in [2.75, 3.05) is 19.6 Å². The van der Waals surface area contributed by atoms with Gasteiger partial charge in [-0.15, -0.1) is 0 Å². The maximum atomic E-state index is 5.63. The molecular formula is C25H33N5O. The summed E-state index contributed by atoms with van der Waals surface area (Å²) in [5, 5.41) is 6.67. The maximum absolute atomic E-state index is 5.63. The van der Waals surface area contributed by atoms with Crippen molar-refractivity contribution in [3.05, 3.63) is 77.7 Å². The molecule has 2 N–H and O–H groups in total. The third-order valence-electron chi connectivity index (χ3n) is 5.17. The van der Waals surface area contributed by atoms with Gasteiger partial charge in [-0.05, 0) is 43.3 Å². The van der Waals surface area contributed by atoms with Gasteiger partial charge in [-0.3, -0.25) is 4.90 Å². The van der Waals surface area contributed by atoms with Gasteiger partial charge in [0.15, 0.2) is 5.96 Å². The van der Waals surface area contributed by atoms with E-state index in [0.29, 0.717) is 19.0 Å². The van der Waals surface area contributed by atoms with Gasteiger partial charge in [-0.1, -0.05) is 56.3 Å². The number of guanidine groups is 1. The largest absolute Gasteiger partial charge is 0.444 e. The van der Waals surface area contributed by atoms with Crippen LogP contribution in [-0.2, 0) is 19.6 Å². The topological polar surface area (TPSA) is 65.7 Å². The molecule has 0 radical (unpaired) electrons. The normalized spacial score (nSPS) is 11.7. The summed E-state index contributed by atoms with van der Waals surface area (Å²) < 4.78 is 5.63. The van der Waals surface area contributed by atoms with Crippen LogP contribution in [-0.4, -0.2) is 35.5 Å². The molecule has 0 unspecified atom stereocenters. The van der Waals surface area contributed by atoms with Gasteiger partial charge in [0, 0.05) is 18.7 Å². The lowest BCUT2D eigenvalue weighted by atomic mass is 10.1. The van der Waals surface area contributed by atoms with Crippen molar-refractivity contribution < 1.29 is 4.42 Å². The van der Waals surface area contributed by atoms with E-state index in [4.69, 9.17) is 9.41 Å². The van der Waals surface area contributed by atoms with Gasteiger partial charge >= 0.3 is 0 Å². The van der Waals surface area contributed by atoms with Gasteiger partial charge in [0.25, 0.3) is 0 Å². The highest BCUT2D eigenvalue weighted by Gasteiger charge is 2.08. The number of hydrogen-bond acceptors (Lipinski definition) is 4. The van der Waals surface area contributed by atoms with Gasteiger partial charge in [0.2, 0.25) is 5.89 Å². The van der Waals surface area contributed by atoms with Crippen molar-refractivity contribution in [3.8, 4) is 11.5 Å². The van der Waals surface area contributed by atoms with Crippen LogP contribution in [0.3, 0.4) is 0 Å². The maximum Gasteiger partial charge on any atom is 0.226 e. The monoisotopic (exact) mass is 419 g/mol. The molecule has 6 nitrogen and oxygen atoms in total. The molecule has 0 spiro atoms. The average molecular weight is 420 g/mol. The summed E-state index contributed by atoms with van der Waals surface area (Å²) in [4.78, 5) is 11.8. The van der Waals surface area contributed by atoms with Crippen molar-refractivity contribution in [1.82, 2.24) is 20.5 Å². The molecule has 0 saturated heterocycles. The van der Waals surface area contributed by atoms with Crippen LogP contribution in [0.15, 0.2) is 70.3 Å². The Bertz CT molecular complexity index is 947. The summed E-state index contributed by atoms with van der Waals surface area (Å²) in [6.45, 7) is 11.5. The third kappa shape index (κ3) is 6.69. The van der Waals surface area contributed by atoms with Gasteiger partial charge in [0.1, 0.15) is 6.26 Å².